The molecule has 3 N–H and O–H groups in total. The SMILES string of the molecule is CNC1CCN(Cc2cccc(NC3CCC(=O)NC3=O)c2)CC1. The molecule has 2 aliphatic heterocycles. The number of carbonyl (C=O) groups is 2. The van der Waals surface area contributed by atoms with E-state index in [9.17, 15) is 9.59 Å². The highest BCUT2D eigenvalue weighted by molar-refractivity contribution is 6.01. The van der Waals surface area contributed by atoms with Crippen molar-refractivity contribution in [3.8, 4) is 0 Å². The van der Waals surface area contributed by atoms with Crippen LogP contribution in [0.4, 0.5) is 5.69 Å². The maximum Gasteiger partial charge on any atom is 0.249 e. The first-order chi connectivity index (χ1) is 11.6. The van der Waals surface area contributed by atoms with Gasteiger partial charge in [-0.3, -0.25) is 19.8 Å². The summed E-state index contributed by atoms with van der Waals surface area (Å²) in [5.41, 5.74) is 2.18. The molecule has 1 unspecified atom stereocenters. The maximum absolute atomic E-state index is 11.9. The molecule has 1 atom stereocenters. The van der Waals surface area contributed by atoms with E-state index in [4.69, 9.17) is 0 Å². The molecule has 6 nitrogen and oxygen atoms in total. The number of benzene rings is 1. The number of carbonyl (C=O) groups excluding carboxylic acids is 2. The number of likely N-dealkylation sites (tertiary alicyclic amines) is 1. The Kier molecular flexibility index (Phi) is 5.48. The zero-order valence-corrected chi connectivity index (χ0v) is 14.2. The van der Waals surface area contributed by atoms with Crippen LogP contribution >= 0.6 is 0 Å². The summed E-state index contributed by atoms with van der Waals surface area (Å²) in [4.78, 5) is 25.6. The third-order valence-corrected chi connectivity index (χ3v) is 4.91. The van der Waals surface area contributed by atoms with Crippen LogP contribution in [0.15, 0.2) is 24.3 Å². The molecule has 2 aliphatic rings. The summed E-state index contributed by atoms with van der Waals surface area (Å²) < 4.78 is 0. The van der Waals surface area contributed by atoms with Gasteiger partial charge in [0.25, 0.3) is 0 Å². The highest BCUT2D eigenvalue weighted by Crippen LogP contribution is 2.18. The average Bonchev–Trinajstić information content (AvgIpc) is 2.58. The molecule has 0 aliphatic carbocycles. The van der Waals surface area contributed by atoms with Gasteiger partial charge in [0.15, 0.2) is 0 Å². The molecule has 0 bridgehead atoms. The van der Waals surface area contributed by atoms with Crippen molar-refractivity contribution < 1.29 is 9.59 Å². The van der Waals surface area contributed by atoms with Crippen LogP contribution in [0.25, 0.3) is 0 Å². The van der Waals surface area contributed by atoms with Gasteiger partial charge in [0.1, 0.15) is 6.04 Å². The Morgan fingerprint density at radius 2 is 2.00 bits per heavy atom. The normalized spacial score (nSPS) is 23.1. The standard InChI is InChI=1S/C18H26N4O2/c1-19-14-7-9-22(10-8-14)12-13-3-2-4-15(11-13)20-16-5-6-17(23)21-18(16)24/h2-4,11,14,16,19-20H,5-10,12H2,1H3,(H,21,23,24). The van der Waals surface area contributed by atoms with Gasteiger partial charge in [-0.05, 0) is 57.1 Å². The first-order valence-corrected chi connectivity index (χ1v) is 8.73. The van der Waals surface area contributed by atoms with Crippen LogP contribution in [-0.2, 0) is 16.1 Å². The number of hydrogen-bond donors (Lipinski definition) is 3. The number of hydrogen-bond acceptors (Lipinski definition) is 5. The molecular formula is C18H26N4O2. The fourth-order valence-electron chi connectivity index (χ4n) is 3.43. The molecule has 6 heteroatoms. The van der Waals surface area contributed by atoms with E-state index >= 15 is 0 Å². The second kappa shape index (κ2) is 7.77. The highest BCUT2D eigenvalue weighted by atomic mass is 16.2. The van der Waals surface area contributed by atoms with Crippen LogP contribution in [0.2, 0.25) is 0 Å². The van der Waals surface area contributed by atoms with Crippen molar-refractivity contribution in [1.29, 1.82) is 0 Å². The second-order valence-corrected chi connectivity index (χ2v) is 6.69. The van der Waals surface area contributed by atoms with Gasteiger partial charge in [0.2, 0.25) is 11.8 Å². The Bertz CT molecular complexity index is 596. The van der Waals surface area contributed by atoms with E-state index in [1.807, 2.05) is 19.2 Å². The molecule has 2 saturated heterocycles. The Morgan fingerprint density at radius 1 is 1.21 bits per heavy atom. The minimum atomic E-state index is -0.329. The predicted molar refractivity (Wildman–Crippen MR) is 93.6 cm³/mol. The molecule has 0 aromatic heterocycles. The van der Waals surface area contributed by atoms with E-state index in [0.29, 0.717) is 18.9 Å². The van der Waals surface area contributed by atoms with Crippen molar-refractivity contribution in [2.75, 3.05) is 25.5 Å². The van der Waals surface area contributed by atoms with E-state index in [-0.39, 0.29) is 17.9 Å². The summed E-state index contributed by atoms with van der Waals surface area (Å²) in [5.74, 6) is -0.414. The summed E-state index contributed by atoms with van der Waals surface area (Å²) in [6.07, 6.45) is 3.31. The van der Waals surface area contributed by atoms with E-state index in [1.165, 1.54) is 18.4 Å². The lowest BCUT2D eigenvalue weighted by Crippen LogP contribution is -2.47. The molecular weight excluding hydrogens is 304 g/mol. The Hall–Kier alpha value is -1.92. The van der Waals surface area contributed by atoms with Crippen molar-refractivity contribution in [3.05, 3.63) is 29.8 Å². The van der Waals surface area contributed by atoms with Crippen molar-refractivity contribution in [3.63, 3.8) is 0 Å². The number of amides is 2. The molecule has 24 heavy (non-hydrogen) atoms. The minimum Gasteiger partial charge on any atom is -0.374 e. The lowest BCUT2D eigenvalue weighted by atomic mass is 10.0. The topological polar surface area (TPSA) is 73.5 Å². The van der Waals surface area contributed by atoms with Gasteiger partial charge in [0, 0.05) is 24.7 Å². The van der Waals surface area contributed by atoms with Gasteiger partial charge >= 0.3 is 0 Å². The zero-order valence-electron chi connectivity index (χ0n) is 14.2. The largest absolute Gasteiger partial charge is 0.374 e. The Morgan fingerprint density at radius 3 is 2.71 bits per heavy atom. The number of imide groups is 1. The Labute approximate surface area is 143 Å². The average molecular weight is 330 g/mol. The number of nitrogens with one attached hydrogen (secondary N) is 3. The summed E-state index contributed by atoms with van der Waals surface area (Å²) in [7, 11) is 2.03. The number of nitrogens with zero attached hydrogens (tertiary/aromatic N) is 1. The number of rotatable bonds is 5. The number of anilines is 1. The van der Waals surface area contributed by atoms with Crippen LogP contribution in [0.3, 0.4) is 0 Å². The Balaban J connectivity index is 1.56. The molecule has 0 radical (unpaired) electrons. The quantitative estimate of drug-likeness (QED) is 0.705. The van der Waals surface area contributed by atoms with Crippen molar-refractivity contribution in [2.24, 2.45) is 0 Å². The van der Waals surface area contributed by atoms with Gasteiger partial charge in [-0.1, -0.05) is 12.1 Å². The van der Waals surface area contributed by atoms with Crippen LogP contribution < -0.4 is 16.0 Å². The fraction of sp³-hybridized carbons (Fsp3) is 0.556. The minimum absolute atomic E-state index is 0.184. The summed E-state index contributed by atoms with van der Waals surface area (Å²) in [6.45, 7) is 3.15. The van der Waals surface area contributed by atoms with Crippen molar-refractivity contribution in [1.82, 2.24) is 15.5 Å². The molecule has 0 spiro atoms. The third-order valence-electron chi connectivity index (χ3n) is 4.91. The molecule has 2 amide bonds. The number of piperidine rings is 2. The molecule has 0 saturated carbocycles. The van der Waals surface area contributed by atoms with Gasteiger partial charge in [0.05, 0.1) is 0 Å². The first kappa shape index (κ1) is 16.9. The smallest absolute Gasteiger partial charge is 0.249 e. The summed E-state index contributed by atoms with van der Waals surface area (Å²) >= 11 is 0. The first-order valence-electron chi connectivity index (χ1n) is 8.73. The molecule has 2 fully saturated rings. The van der Waals surface area contributed by atoms with E-state index in [0.717, 1.165) is 25.3 Å². The van der Waals surface area contributed by atoms with E-state index in [2.05, 4.69) is 33.0 Å². The van der Waals surface area contributed by atoms with Gasteiger partial charge in [-0.25, -0.2) is 0 Å². The molecule has 2 heterocycles. The van der Waals surface area contributed by atoms with Gasteiger partial charge in [-0.2, -0.15) is 0 Å². The monoisotopic (exact) mass is 330 g/mol. The summed E-state index contributed by atoms with van der Waals surface area (Å²) in [6, 6.07) is 8.53. The van der Waals surface area contributed by atoms with Gasteiger partial charge in [-0.15, -0.1) is 0 Å². The summed E-state index contributed by atoms with van der Waals surface area (Å²) in [5, 5.41) is 8.99. The second-order valence-electron chi connectivity index (χ2n) is 6.69. The lowest BCUT2D eigenvalue weighted by molar-refractivity contribution is -0.133. The fourth-order valence-corrected chi connectivity index (χ4v) is 3.43. The molecule has 1 aromatic rings. The molecule has 3 rings (SSSR count). The maximum atomic E-state index is 11.9. The van der Waals surface area contributed by atoms with E-state index < -0.39 is 0 Å². The molecule has 130 valence electrons. The van der Waals surface area contributed by atoms with Crippen molar-refractivity contribution >= 4 is 17.5 Å². The third kappa shape index (κ3) is 4.33. The zero-order chi connectivity index (χ0) is 16.9. The highest BCUT2D eigenvalue weighted by Gasteiger charge is 2.26. The van der Waals surface area contributed by atoms with Crippen LogP contribution in [0, 0.1) is 0 Å². The van der Waals surface area contributed by atoms with Crippen LogP contribution in [0.1, 0.15) is 31.2 Å². The van der Waals surface area contributed by atoms with Crippen LogP contribution in [0.5, 0.6) is 0 Å². The van der Waals surface area contributed by atoms with E-state index in [1.54, 1.807) is 0 Å². The van der Waals surface area contributed by atoms with Crippen LogP contribution in [-0.4, -0.2) is 48.9 Å². The lowest BCUT2D eigenvalue weighted by Gasteiger charge is -2.31. The molecule has 1 aromatic carbocycles. The predicted octanol–water partition coefficient (Wildman–Crippen LogP) is 1.09. The van der Waals surface area contributed by atoms with Crippen molar-refractivity contribution in [2.45, 2.75) is 44.3 Å². The van der Waals surface area contributed by atoms with Gasteiger partial charge < -0.3 is 10.6 Å².